The van der Waals surface area contributed by atoms with Gasteiger partial charge in [0.15, 0.2) is 0 Å². The number of hydrogen-bond acceptors (Lipinski definition) is 10. The Morgan fingerprint density at radius 2 is 0.500 bits per heavy atom. The van der Waals surface area contributed by atoms with Crippen molar-refractivity contribution in [2.45, 2.75) is 0 Å². The van der Waals surface area contributed by atoms with Crippen molar-refractivity contribution in [1.82, 2.24) is 0 Å². The third-order valence-corrected chi connectivity index (χ3v) is 0. The molecule has 0 aliphatic heterocycles. The van der Waals surface area contributed by atoms with Crippen LogP contribution in [0.4, 0.5) is 0 Å². The van der Waals surface area contributed by atoms with Crippen molar-refractivity contribution in [2.75, 3.05) is 0 Å². The van der Waals surface area contributed by atoms with E-state index in [1.807, 2.05) is 0 Å². The molecular formula is H8O10. The predicted molar refractivity (Wildman–Crippen MR) is 23.2 cm³/mol. The summed E-state index contributed by atoms with van der Waals surface area (Å²) in [5.41, 5.74) is 0. The summed E-state index contributed by atoms with van der Waals surface area (Å²) >= 11 is 0. The monoisotopic (exact) mass is 168 g/mol. The third-order valence-electron chi connectivity index (χ3n) is 0. The second-order valence-corrected chi connectivity index (χ2v) is 0.163. The van der Waals surface area contributed by atoms with Crippen molar-refractivity contribution in [2.24, 2.45) is 0 Å². The van der Waals surface area contributed by atoms with E-state index in [9.17, 15) is 0 Å². The number of hydrogen-bond donors (Lipinski definition) is 8. The lowest BCUT2D eigenvalue weighted by atomic mass is 14.6. The first-order valence-corrected chi connectivity index (χ1v) is 1.13. The van der Waals surface area contributed by atoms with Crippen molar-refractivity contribution < 1.29 is 52.1 Å². The Labute approximate surface area is 53.5 Å². The van der Waals surface area contributed by atoms with Crippen molar-refractivity contribution in [3.63, 3.8) is 0 Å². The first-order chi connectivity index (χ1) is 4.83. The van der Waals surface area contributed by atoms with Gasteiger partial charge >= 0.3 is 0 Å². The largest absolute Gasteiger partial charge is 0.255 e. The summed E-state index contributed by atoms with van der Waals surface area (Å²) in [6, 6.07) is 0. The summed E-state index contributed by atoms with van der Waals surface area (Å²) in [7, 11) is 0. The van der Waals surface area contributed by atoms with Crippen LogP contribution in [0.2, 0.25) is 0 Å². The minimum absolute atomic E-state index is 2.25. The van der Waals surface area contributed by atoms with Crippen molar-refractivity contribution in [1.29, 1.82) is 0 Å². The van der Waals surface area contributed by atoms with Gasteiger partial charge in [0.25, 0.3) is 0 Å². The summed E-state index contributed by atoms with van der Waals surface area (Å²) in [5, 5.41) is 55.0. The fraction of sp³-hybridized carbons (Fsp3) is 0. The first-order valence-electron chi connectivity index (χ1n) is 1.13. The molecule has 0 aliphatic carbocycles. The zero-order valence-corrected chi connectivity index (χ0v) is 4.39. The van der Waals surface area contributed by atoms with Gasteiger partial charge in [-0.15, -0.1) is 0 Å². The van der Waals surface area contributed by atoms with Crippen LogP contribution in [0.3, 0.4) is 0 Å². The van der Waals surface area contributed by atoms with Gasteiger partial charge in [0.05, 0.1) is 0 Å². The molecule has 0 amide bonds. The Morgan fingerprint density at radius 3 is 0.500 bits per heavy atom. The van der Waals surface area contributed by atoms with E-state index in [0.29, 0.717) is 0 Å². The fourth-order valence-electron chi connectivity index (χ4n) is 0. The predicted octanol–water partition coefficient (Wildman–Crippen LogP) is -0.0672. The minimum Gasteiger partial charge on any atom is -0.255 e. The molecule has 10 heteroatoms. The molecule has 0 aromatic heterocycles. The van der Waals surface area contributed by atoms with Crippen molar-refractivity contribution >= 4 is 0 Å². The maximum Gasteiger partial charge on any atom is -0.0737 e. The molecule has 0 saturated carbocycles. The molecule has 8 N–H and O–H groups in total. The lowest BCUT2D eigenvalue weighted by Crippen LogP contribution is -1.60. The maximum atomic E-state index is 6.62. The zero-order chi connectivity index (χ0) is 9.41. The Morgan fingerprint density at radius 1 is 0.500 bits per heavy atom. The highest BCUT2D eigenvalue weighted by molar-refractivity contribution is 2.38. The SMILES string of the molecule is OO.OO.OOO.OOO. The first kappa shape index (κ1) is 22.6. The molecule has 0 atom stereocenters. The van der Waals surface area contributed by atoms with E-state index in [4.69, 9.17) is 42.1 Å². The van der Waals surface area contributed by atoms with Gasteiger partial charge in [-0.25, -0.2) is 21.0 Å². The molecule has 68 valence electrons. The second kappa shape index (κ2) is 194. The van der Waals surface area contributed by atoms with Gasteiger partial charge < -0.3 is 0 Å². The Kier molecular flexibility index (Phi) is 439. The molecule has 0 bridgehead atoms. The third kappa shape index (κ3) is 2070. The van der Waals surface area contributed by atoms with Crippen molar-refractivity contribution in [3.05, 3.63) is 0 Å². The average Bonchev–Trinajstić information content (AvgIpc) is 1.99. The molecule has 0 spiro atoms. The van der Waals surface area contributed by atoms with Gasteiger partial charge in [0, 0.05) is 0 Å². The molecular weight excluding hydrogens is 160 g/mol. The Hall–Kier alpha value is -0.400. The molecule has 0 fully saturated rings. The van der Waals surface area contributed by atoms with E-state index in [1.54, 1.807) is 0 Å². The van der Waals surface area contributed by atoms with Crippen LogP contribution in [0, 0.1) is 0 Å². The Balaban J connectivity index is -0.0000000246. The van der Waals surface area contributed by atoms with Crippen LogP contribution in [0.25, 0.3) is 0 Å². The minimum atomic E-state index is 2.25. The van der Waals surface area contributed by atoms with Crippen LogP contribution in [0.15, 0.2) is 0 Å². The molecule has 0 rings (SSSR count). The smallest absolute Gasteiger partial charge is 0.0737 e. The lowest BCUT2D eigenvalue weighted by Gasteiger charge is -1.56. The Bertz CT molecular complexity index is 2.00. The lowest BCUT2D eigenvalue weighted by molar-refractivity contribution is -0.465. The summed E-state index contributed by atoms with van der Waals surface area (Å²) in [6.45, 7) is 0. The van der Waals surface area contributed by atoms with Gasteiger partial charge in [-0.1, -0.05) is 10.1 Å². The molecule has 0 saturated heterocycles. The molecule has 0 aromatic carbocycles. The van der Waals surface area contributed by atoms with E-state index in [2.05, 4.69) is 10.1 Å². The van der Waals surface area contributed by atoms with Crippen LogP contribution in [-0.2, 0) is 10.1 Å². The van der Waals surface area contributed by atoms with E-state index >= 15 is 0 Å². The van der Waals surface area contributed by atoms with E-state index < -0.39 is 0 Å². The number of rotatable bonds is 0. The van der Waals surface area contributed by atoms with Gasteiger partial charge in [-0.3, -0.25) is 21.0 Å². The topological polar surface area (TPSA) is 180 Å². The van der Waals surface area contributed by atoms with Gasteiger partial charge in [0.2, 0.25) is 0 Å². The normalized spacial score (nSPS) is 4.80. The summed E-state index contributed by atoms with van der Waals surface area (Å²) < 4.78 is 0. The zero-order valence-electron chi connectivity index (χ0n) is 4.39. The fourth-order valence-corrected chi connectivity index (χ4v) is 0. The molecule has 10 heavy (non-hydrogen) atoms. The van der Waals surface area contributed by atoms with Gasteiger partial charge in [-0.2, -0.15) is 0 Å². The van der Waals surface area contributed by atoms with Crippen LogP contribution < -0.4 is 0 Å². The standard InChI is InChI=1S/2H2O3.2H2O2/c2*1-3-2;2*1-2/h2*1-2H;2*1-2H. The highest BCUT2D eigenvalue weighted by atomic mass is 17.4. The van der Waals surface area contributed by atoms with E-state index in [0.717, 1.165) is 0 Å². The van der Waals surface area contributed by atoms with E-state index in [-0.39, 0.29) is 0 Å². The quantitative estimate of drug-likeness (QED) is 0.180. The van der Waals surface area contributed by atoms with Crippen LogP contribution >= 0.6 is 0 Å². The molecule has 0 heterocycles. The average molecular weight is 168 g/mol. The molecule has 0 radical (unpaired) electrons. The second-order valence-electron chi connectivity index (χ2n) is 0.163. The van der Waals surface area contributed by atoms with Gasteiger partial charge in [-0.05, 0) is 0 Å². The molecule has 0 unspecified atom stereocenters. The summed E-state index contributed by atoms with van der Waals surface area (Å²) in [5.74, 6) is 0. The summed E-state index contributed by atoms with van der Waals surface area (Å²) in [6.07, 6.45) is 0. The van der Waals surface area contributed by atoms with Crippen LogP contribution in [0.1, 0.15) is 0 Å². The highest BCUT2D eigenvalue weighted by Gasteiger charge is 1.27. The molecule has 10 nitrogen and oxygen atoms in total. The molecule has 0 aliphatic rings. The van der Waals surface area contributed by atoms with E-state index in [1.165, 1.54) is 0 Å². The van der Waals surface area contributed by atoms with Gasteiger partial charge in [0.1, 0.15) is 0 Å². The van der Waals surface area contributed by atoms with Crippen molar-refractivity contribution in [3.8, 4) is 0 Å². The summed E-state index contributed by atoms with van der Waals surface area (Å²) in [4.78, 5) is 0. The van der Waals surface area contributed by atoms with Crippen LogP contribution in [-0.4, -0.2) is 42.1 Å². The highest BCUT2D eigenvalue weighted by Crippen LogP contribution is 1.24. The maximum absolute atomic E-state index is 6.62. The van der Waals surface area contributed by atoms with Crippen LogP contribution in [0.5, 0.6) is 0 Å². The molecule has 0 aromatic rings.